The lowest BCUT2D eigenvalue weighted by atomic mass is 9.70. The number of hydrogen-bond acceptors (Lipinski definition) is 7. The first kappa shape index (κ1) is 29.9. The Kier molecular flexibility index (Phi) is 7.01. The maximum Gasteiger partial charge on any atom is 0.318 e. The van der Waals surface area contributed by atoms with E-state index in [1.54, 1.807) is 0 Å². The second kappa shape index (κ2) is 10.8. The topological polar surface area (TPSA) is 85.6 Å². The van der Waals surface area contributed by atoms with Gasteiger partial charge in [0.05, 0.1) is 29.8 Å². The minimum Gasteiger partial charge on any atom is -0.461 e. The second-order valence-electron chi connectivity index (χ2n) is 14.7. The van der Waals surface area contributed by atoms with Crippen LogP contribution in [0.3, 0.4) is 0 Å². The highest BCUT2D eigenvalue weighted by molar-refractivity contribution is 6.32. The molecule has 1 unspecified atom stereocenters. The number of benzene rings is 1. The molecule has 1 aromatic carbocycles. The number of fused-ring (bicyclic) bond motifs is 4. The van der Waals surface area contributed by atoms with Gasteiger partial charge in [0, 0.05) is 48.6 Å². The Labute approximate surface area is 274 Å². The molecule has 1 saturated carbocycles. The highest BCUT2D eigenvalue weighted by Crippen LogP contribution is 2.60. The third-order valence-corrected chi connectivity index (χ3v) is 12.1. The predicted octanol–water partition coefficient (Wildman–Crippen LogP) is 5.78. The zero-order valence-electron chi connectivity index (χ0n) is 26.5. The molecule has 8 nitrogen and oxygen atoms in total. The molecule has 3 atom stereocenters. The first-order chi connectivity index (χ1) is 22.1. The van der Waals surface area contributed by atoms with Crippen LogP contribution in [0.1, 0.15) is 74.3 Å². The molecular weight excluding hydrogens is 603 g/mol. The van der Waals surface area contributed by atoms with E-state index in [1.165, 1.54) is 48.3 Å². The fourth-order valence-electron chi connectivity index (χ4n) is 9.49. The van der Waals surface area contributed by atoms with Crippen molar-refractivity contribution in [1.82, 2.24) is 19.8 Å². The largest absolute Gasteiger partial charge is 0.461 e. The Balaban J connectivity index is 1.15. The lowest BCUT2D eigenvalue weighted by Crippen LogP contribution is -2.55. The van der Waals surface area contributed by atoms with Gasteiger partial charge in [0.2, 0.25) is 0 Å². The summed E-state index contributed by atoms with van der Waals surface area (Å²) in [6.45, 7) is 9.35. The third kappa shape index (κ3) is 4.74. The van der Waals surface area contributed by atoms with E-state index in [0.29, 0.717) is 37.5 Å². The Bertz CT molecular complexity index is 1720. The molecule has 10 heteroatoms. The Morgan fingerprint density at radius 2 is 2.07 bits per heavy atom. The number of aromatic nitrogens is 2. The minimum absolute atomic E-state index is 0.0524. The first-order valence-corrected chi connectivity index (χ1v) is 17.1. The molecule has 4 fully saturated rings. The first-order valence-electron chi connectivity index (χ1n) is 16.7. The molecule has 2 spiro atoms. The molecule has 3 aliphatic heterocycles. The number of carbonyl (C=O) groups excluding carboxylic acids is 1. The standard InChI is InChI=1S/C36H40ClFN6O2/c1-23-17-35(27-5-3-6-28(37)30(23)27)10-7-26-29(18-35)40-33(46-22-36-9-4-14-43(36)21-34(20-36)11-12-34)41-31(26)42-15-16-44(32(45)24(2)38)25(19-42)8-13-39/h3,5-6,17,25H,2,4,7-12,14-16,18-22H2,1H3/t25-,35-,36?/m0/s1. The van der Waals surface area contributed by atoms with Gasteiger partial charge in [-0.05, 0) is 86.6 Å². The number of ether oxygens (including phenoxy) is 1. The van der Waals surface area contributed by atoms with E-state index in [0.717, 1.165) is 53.5 Å². The summed E-state index contributed by atoms with van der Waals surface area (Å²) in [5, 5.41) is 10.4. The van der Waals surface area contributed by atoms with Gasteiger partial charge in [-0.1, -0.05) is 36.4 Å². The van der Waals surface area contributed by atoms with Gasteiger partial charge in [0.25, 0.3) is 5.91 Å². The SMILES string of the molecule is C=C(F)C(=O)N1CCN(c2nc(OCC34CCCN3CC3(CC3)C4)nc3c2CC[C@]2(C=C(C)c4c(Cl)cccc42)C3)C[C@@H]1CC#N. The van der Waals surface area contributed by atoms with Gasteiger partial charge in [-0.15, -0.1) is 0 Å². The zero-order chi connectivity index (χ0) is 31.8. The van der Waals surface area contributed by atoms with Gasteiger partial charge in [0.1, 0.15) is 12.4 Å². The van der Waals surface area contributed by atoms with Crippen LogP contribution in [-0.4, -0.2) is 76.6 Å². The maximum atomic E-state index is 13.9. The summed E-state index contributed by atoms with van der Waals surface area (Å²) in [6, 6.07) is 8.30. The summed E-state index contributed by atoms with van der Waals surface area (Å²) in [5.41, 5.74) is 5.96. The average molecular weight is 643 g/mol. The average Bonchev–Trinajstić information content (AvgIpc) is 3.45. The van der Waals surface area contributed by atoms with Gasteiger partial charge in [-0.3, -0.25) is 9.69 Å². The van der Waals surface area contributed by atoms with Crippen molar-refractivity contribution in [3.8, 4) is 12.1 Å². The van der Waals surface area contributed by atoms with Crippen molar-refractivity contribution >= 4 is 28.9 Å². The molecule has 46 heavy (non-hydrogen) atoms. The number of amides is 1. The summed E-state index contributed by atoms with van der Waals surface area (Å²) in [4.78, 5) is 29.1. The van der Waals surface area contributed by atoms with Crippen LogP contribution in [0.2, 0.25) is 5.02 Å². The number of halogens is 2. The summed E-state index contributed by atoms with van der Waals surface area (Å²) in [7, 11) is 0. The summed E-state index contributed by atoms with van der Waals surface area (Å²) in [6.07, 6.45) is 11.0. The molecule has 0 radical (unpaired) electrons. The molecule has 1 aromatic heterocycles. The number of piperazine rings is 1. The second-order valence-corrected chi connectivity index (χ2v) is 15.1. The molecule has 0 N–H and O–H groups in total. The molecule has 1 amide bonds. The number of anilines is 1. The normalized spacial score (nSPS) is 28.9. The number of carbonyl (C=O) groups is 1. The predicted molar refractivity (Wildman–Crippen MR) is 174 cm³/mol. The Hall–Kier alpha value is -3.48. The van der Waals surface area contributed by atoms with Gasteiger partial charge in [-0.2, -0.15) is 15.2 Å². The molecule has 0 bridgehead atoms. The third-order valence-electron chi connectivity index (χ3n) is 11.8. The van der Waals surface area contributed by atoms with Crippen molar-refractivity contribution in [2.45, 2.75) is 81.7 Å². The molecule has 4 heterocycles. The smallest absolute Gasteiger partial charge is 0.318 e. The van der Waals surface area contributed by atoms with E-state index < -0.39 is 17.8 Å². The summed E-state index contributed by atoms with van der Waals surface area (Å²) in [5.74, 6) is -0.946. The van der Waals surface area contributed by atoms with Crippen LogP contribution in [0.15, 0.2) is 36.7 Å². The van der Waals surface area contributed by atoms with Crippen LogP contribution in [0.4, 0.5) is 10.2 Å². The summed E-state index contributed by atoms with van der Waals surface area (Å²) >= 11 is 6.71. The van der Waals surface area contributed by atoms with E-state index in [-0.39, 0.29) is 23.9 Å². The zero-order valence-corrected chi connectivity index (χ0v) is 27.2. The number of nitrogens with zero attached hydrogens (tertiary/aromatic N) is 6. The van der Waals surface area contributed by atoms with Crippen LogP contribution >= 0.6 is 11.6 Å². The van der Waals surface area contributed by atoms with Gasteiger partial charge < -0.3 is 14.5 Å². The van der Waals surface area contributed by atoms with Crippen LogP contribution in [0.25, 0.3) is 5.57 Å². The van der Waals surface area contributed by atoms with E-state index in [4.69, 9.17) is 26.3 Å². The number of rotatable bonds is 6. The summed E-state index contributed by atoms with van der Waals surface area (Å²) < 4.78 is 20.5. The van der Waals surface area contributed by atoms with Crippen LogP contribution in [0.5, 0.6) is 6.01 Å². The Morgan fingerprint density at radius 1 is 1.22 bits per heavy atom. The fraction of sp³-hybridized carbons (Fsp3) is 0.556. The highest BCUT2D eigenvalue weighted by atomic mass is 35.5. The molecule has 2 aromatic rings. The van der Waals surface area contributed by atoms with Crippen molar-refractivity contribution in [2.24, 2.45) is 5.41 Å². The monoisotopic (exact) mass is 642 g/mol. The molecule has 3 aliphatic carbocycles. The van der Waals surface area contributed by atoms with Crippen molar-refractivity contribution < 1.29 is 13.9 Å². The lowest BCUT2D eigenvalue weighted by molar-refractivity contribution is -0.131. The van der Waals surface area contributed by atoms with Gasteiger partial charge >= 0.3 is 6.01 Å². The van der Waals surface area contributed by atoms with Crippen LogP contribution < -0.4 is 9.64 Å². The molecule has 3 saturated heterocycles. The molecular formula is C36H40ClFN6O2. The molecule has 240 valence electrons. The van der Waals surface area contributed by atoms with E-state index >= 15 is 0 Å². The maximum absolute atomic E-state index is 13.9. The number of allylic oxidation sites excluding steroid dienone is 2. The number of nitriles is 1. The van der Waals surface area contributed by atoms with Crippen molar-refractivity contribution in [3.63, 3.8) is 0 Å². The highest BCUT2D eigenvalue weighted by Gasteiger charge is 2.60. The quantitative estimate of drug-likeness (QED) is 0.369. The van der Waals surface area contributed by atoms with Crippen molar-refractivity contribution in [1.29, 1.82) is 5.26 Å². The Morgan fingerprint density at radius 3 is 2.85 bits per heavy atom. The van der Waals surface area contributed by atoms with E-state index in [2.05, 4.69) is 41.5 Å². The van der Waals surface area contributed by atoms with E-state index in [1.807, 2.05) is 12.1 Å². The molecule has 8 rings (SSSR count). The van der Waals surface area contributed by atoms with Gasteiger partial charge in [0.15, 0.2) is 5.83 Å². The van der Waals surface area contributed by atoms with Crippen LogP contribution in [-0.2, 0) is 23.1 Å². The van der Waals surface area contributed by atoms with E-state index in [9.17, 15) is 14.4 Å². The van der Waals surface area contributed by atoms with Crippen LogP contribution in [0, 0.1) is 16.7 Å². The van der Waals surface area contributed by atoms with Crippen molar-refractivity contribution in [2.75, 3.05) is 44.2 Å². The lowest BCUT2D eigenvalue weighted by Gasteiger charge is -2.42. The molecule has 6 aliphatic rings. The fourth-order valence-corrected chi connectivity index (χ4v) is 9.82. The van der Waals surface area contributed by atoms with Gasteiger partial charge in [-0.25, -0.2) is 4.39 Å². The minimum atomic E-state index is -1.00. The van der Waals surface area contributed by atoms with Crippen molar-refractivity contribution in [3.05, 3.63) is 64.1 Å². The number of hydrogen-bond donors (Lipinski definition) is 0.